The molecule has 0 radical (unpaired) electrons. The van der Waals surface area contributed by atoms with Gasteiger partial charge in [0, 0.05) is 16.3 Å². The lowest BCUT2D eigenvalue weighted by Crippen LogP contribution is -2.13. The van der Waals surface area contributed by atoms with Gasteiger partial charge in [-0.3, -0.25) is 4.79 Å². The molecule has 0 aliphatic heterocycles. The van der Waals surface area contributed by atoms with Crippen LogP contribution in [0.4, 0.5) is 0 Å². The monoisotopic (exact) mass is 528 g/mol. The molecule has 9 heteroatoms. The van der Waals surface area contributed by atoms with Crippen molar-refractivity contribution in [3.63, 3.8) is 0 Å². The number of rotatable bonds is 21. The molecule has 0 spiro atoms. The van der Waals surface area contributed by atoms with Crippen molar-refractivity contribution in [1.82, 2.24) is 0 Å². The molecule has 0 aliphatic rings. The van der Waals surface area contributed by atoms with Gasteiger partial charge >= 0.3 is 0 Å². The Morgan fingerprint density at radius 3 is 1.45 bits per heavy atom. The summed E-state index contributed by atoms with van der Waals surface area (Å²) < 4.78 is 39.2. The van der Waals surface area contributed by atoms with Crippen LogP contribution in [0.3, 0.4) is 0 Å². The zero-order valence-corrected chi connectivity index (χ0v) is 21.5. The summed E-state index contributed by atoms with van der Waals surface area (Å²) in [6.45, 7) is 4.73. The van der Waals surface area contributed by atoms with Crippen LogP contribution in [-0.2, 0) is 18.9 Å². The first-order valence-corrected chi connectivity index (χ1v) is 12.7. The van der Waals surface area contributed by atoms with E-state index in [-0.39, 0.29) is 6.61 Å². The molecule has 0 aromatic heterocycles. The van der Waals surface area contributed by atoms with E-state index in [9.17, 15) is 4.79 Å². The highest BCUT2D eigenvalue weighted by atomic mass is 16.6. The maximum atomic E-state index is 10.7. The fourth-order valence-electron chi connectivity index (χ4n) is 3.49. The fraction of sp³-hybridized carbons (Fsp3) is 0.414. The van der Waals surface area contributed by atoms with Gasteiger partial charge in [0.05, 0.1) is 59.5 Å². The van der Waals surface area contributed by atoms with E-state index >= 15 is 0 Å². The average molecular weight is 529 g/mol. The number of aldehydes is 1. The Kier molecular flexibility index (Phi) is 14.0. The molecule has 9 nitrogen and oxygen atoms in total. The van der Waals surface area contributed by atoms with Gasteiger partial charge in [0.1, 0.15) is 43.4 Å². The first-order valence-electron chi connectivity index (χ1n) is 12.7. The van der Waals surface area contributed by atoms with Crippen LogP contribution in [0.25, 0.3) is 10.8 Å². The number of hydrogen-bond acceptors (Lipinski definition) is 9. The van der Waals surface area contributed by atoms with E-state index in [2.05, 4.69) is 0 Å². The summed E-state index contributed by atoms with van der Waals surface area (Å²) in [5.74, 6) is 2.23. The second-order valence-electron chi connectivity index (χ2n) is 8.01. The van der Waals surface area contributed by atoms with Gasteiger partial charge in [-0.1, -0.05) is 24.3 Å². The number of benzene rings is 3. The van der Waals surface area contributed by atoms with Gasteiger partial charge in [-0.2, -0.15) is 0 Å². The van der Waals surface area contributed by atoms with E-state index in [0.29, 0.717) is 84.0 Å². The first kappa shape index (κ1) is 29.3. The first-order chi connectivity index (χ1) is 18.8. The maximum Gasteiger partial charge on any atom is 0.150 e. The Labute approximate surface area is 223 Å². The zero-order chi connectivity index (χ0) is 26.7. The molecule has 3 aromatic carbocycles. The molecule has 0 atom stereocenters. The second-order valence-corrected chi connectivity index (χ2v) is 8.01. The molecular weight excluding hydrogens is 492 g/mol. The lowest BCUT2D eigenvalue weighted by atomic mass is 10.1. The van der Waals surface area contributed by atoms with Gasteiger partial charge in [0.2, 0.25) is 0 Å². The quantitative estimate of drug-likeness (QED) is 0.164. The third-order valence-corrected chi connectivity index (χ3v) is 5.30. The van der Waals surface area contributed by atoms with Gasteiger partial charge in [-0.15, -0.1) is 0 Å². The van der Waals surface area contributed by atoms with Crippen LogP contribution in [0.1, 0.15) is 10.4 Å². The van der Waals surface area contributed by atoms with E-state index in [1.165, 1.54) is 0 Å². The van der Waals surface area contributed by atoms with E-state index < -0.39 is 0 Å². The Morgan fingerprint density at radius 1 is 0.526 bits per heavy atom. The molecule has 0 aliphatic carbocycles. The highest BCUT2D eigenvalue weighted by Crippen LogP contribution is 2.32. The predicted molar refractivity (Wildman–Crippen MR) is 143 cm³/mol. The minimum atomic E-state index is 0.0111. The van der Waals surface area contributed by atoms with Crippen LogP contribution in [0.15, 0.2) is 60.7 Å². The van der Waals surface area contributed by atoms with Crippen LogP contribution in [0.2, 0.25) is 0 Å². The highest BCUT2D eigenvalue weighted by Gasteiger charge is 2.07. The molecule has 0 heterocycles. The Balaban J connectivity index is 1.27. The number of carbonyl (C=O) groups is 1. The lowest BCUT2D eigenvalue weighted by molar-refractivity contribution is 0.0248. The summed E-state index contributed by atoms with van der Waals surface area (Å²) in [7, 11) is 0. The molecule has 0 saturated carbocycles. The fourth-order valence-corrected chi connectivity index (χ4v) is 3.49. The molecule has 3 aromatic rings. The van der Waals surface area contributed by atoms with E-state index in [1.807, 2.05) is 36.4 Å². The summed E-state index contributed by atoms with van der Waals surface area (Å²) in [6.07, 6.45) is 0.798. The minimum absolute atomic E-state index is 0.0111. The van der Waals surface area contributed by atoms with Crippen molar-refractivity contribution in [1.29, 1.82) is 0 Å². The number of aliphatic hydroxyl groups is 1. The minimum Gasteiger partial charge on any atom is -0.491 e. The third-order valence-electron chi connectivity index (χ3n) is 5.30. The summed E-state index contributed by atoms with van der Waals surface area (Å²) in [6, 6.07) is 18.7. The standard InChI is InChI=1S/C29H36O9/c30-11-12-32-13-14-34-18-21-37-28-5-1-4-27-26(28)3-2-6-29(27)38-22-19-35-16-15-33-17-20-36-25-9-7-24(23-31)8-10-25/h1-10,23,30H,11-22H2. The SMILES string of the molecule is O=Cc1ccc(OCCOCCOCCOc2cccc3c(OCCOCCOCCO)cccc23)cc1. The van der Waals surface area contributed by atoms with Crippen LogP contribution >= 0.6 is 0 Å². The van der Waals surface area contributed by atoms with Crippen LogP contribution in [-0.4, -0.2) is 90.7 Å². The Bertz CT molecular complexity index is 1060. The summed E-state index contributed by atoms with van der Waals surface area (Å²) in [5.41, 5.74) is 0.615. The Morgan fingerprint density at radius 2 is 0.974 bits per heavy atom. The Hall–Kier alpha value is -3.21. The van der Waals surface area contributed by atoms with Crippen molar-refractivity contribution in [2.75, 3.05) is 79.3 Å². The van der Waals surface area contributed by atoms with Crippen LogP contribution in [0.5, 0.6) is 17.2 Å². The van der Waals surface area contributed by atoms with Crippen molar-refractivity contribution in [2.24, 2.45) is 0 Å². The number of ether oxygens (including phenoxy) is 7. The topological polar surface area (TPSA) is 102 Å². The molecule has 0 unspecified atom stereocenters. The lowest BCUT2D eigenvalue weighted by Gasteiger charge is -2.13. The van der Waals surface area contributed by atoms with Crippen LogP contribution in [0, 0.1) is 0 Å². The predicted octanol–water partition coefficient (Wildman–Crippen LogP) is 3.55. The van der Waals surface area contributed by atoms with Gasteiger partial charge < -0.3 is 38.3 Å². The molecule has 38 heavy (non-hydrogen) atoms. The molecule has 206 valence electrons. The smallest absolute Gasteiger partial charge is 0.150 e. The number of fused-ring (bicyclic) bond motifs is 1. The van der Waals surface area contributed by atoms with Crippen molar-refractivity contribution < 1.29 is 43.1 Å². The van der Waals surface area contributed by atoms with E-state index in [0.717, 1.165) is 28.6 Å². The number of carbonyl (C=O) groups excluding carboxylic acids is 1. The van der Waals surface area contributed by atoms with Crippen molar-refractivity contribution in [3.8, 4) is 17.2 Å². The molecule has 0 bridgehead atoms. The summed E-state index contributed by atoms with van der Waals surface area (Å²) in [4.78, 5) is 10.7. The van der Waals surface area contributed by atoms with Gasteiger partial charge in [0.25, 0.3) is 0 Å². The molecule has 0 amide bonds. The molecule has 3 rings (SSSR count). The molecule has 1 N–H and O–H groups in total. The summed E-state index contributed by atoms with van der Waals surface area (Å²) >= 11 is 0. The molecule has 0 fully saturated rings. The molecular formula is C29H36O9. The number of hydrogen-bond donors (Lipinski definition) is 1. The van der Waals surface area contributed by atoms with Crippen LogP contribution < -0.4 is 14.2 Å². The van der Waals surface area contributed by atoms with Gasteiger partial charge in [-0.05, 0) is 36.4 Å². The second kappa shape index (κ2) is 18.1. The zero-order valence-electron chi connectivity index (χ0n) is 21.5. The normalized spacial score (nSPS) is 11.0. The van der Waals surface area contributed by atoms with Gasteiger partial charge in [0.15, 0.2) is 0 Å². The molecule has 0 saturated heterocycles. The van der Waals surface area contributed by atoms with E-state index in [4.69, 9.17) is 38.3 Å². The van der Waals surface area contributed by atoms with Gasteiger partial charge in [-0.25, -0.2) is 0 Å². The average Bonchev–Trinajstić information content (AvgIpc) is 2.96. The van der Waals surface area contributed by atoms with E-state index in [1.54, 1.807) is 24.3 Å². The largest absolute Gasteiger partial charge is 0.491 e. The maximum absolute atomic E-state index is 10.7. The third kappa shape index (κ3) is 10.6. The van der Waals surface area contributed by atoms with Crippen molar-refractivity contribution >= 4 is 17.1 Å². The summed E-state index contributed by atoms with van der Waals surface area (Å²) in [5, 5.41) is 10.6. The van der Waals surface area contributed by atoms with Crippen molar-refractivity contribution in [2.45, 2.75) is 0 Å². The number of aliphatic hydroxyl groups excluding tert-OH is 1. The highest BCUT2D eigenvalue weighted by molar-refractivity contribution is 5.93. The van der Waals surface area contributed by atoms with Crippen molar-refractivity contribution in [3.05, 3.63) is 66.2 Å².